The van der Waals surface area contributed by atoms with E-state index in [1.807, 2.05) is 45.0 Å². The van der Waals surface area contributed by atoms with Crippen LogP contribution in [0.4, 0.5) is 0 Å². The molecule has 0 aliphatic carbocycles. The molecule has 0 saturated carbocycles. The average Bonchev–Trinajstić information content (AvgIpc) is 2.66. The minimum atomic E-state index is -1.21. The van der Waals surface area contributed by atoms with Gasteiger partial charge in [0.15, 0.2) is 5.78 Å². The lowest BCUT2D eigenvalue weighted by Crippen LogP contribution is -2.42. The van der Waals surface area contributed by atoms with Crippen molar-refractivity contribution in [2.75, 3.05) is 0 Å². The maximum atomic E-state index is 13.0. The van der Waals surface area contributed by atoms with E-state index >= 15 is 0 Å². The highest BCUT2D eigenvalue weighted by Crippen LogP contribution is 2.43. The summed E-state index contributed by atoms with van der Waals surface area (Å²) in [6, 6.07) is 7.61. The third-order valence-corrected chi connectivity index (χ3v) is 7.13. The summed E-state index contributed by atoms with van der Waals surface area (Å²) >= 11 is 0. The Labute approximate surface area is 175 Å². The van der Waals surface area contributed by atoms with E-state index in [1.54, 1.807) is 6.92 Å². The second-order valence-electron chi connectivity index (χ2n) is 8.71. The summed E-state index contributed by atoms with van der Waals surface area (Å²) in [5.41, 5.74) is 1.56. The molecule has 0 amide bonds. The highest BCUT2D eigenvalue weighted by atomic mass is 32.2. The van der Waals surface area contributed by atoms with E-state index in [9.17, 15) is 9.00 Å². The van der Waals surface area contributed by atoms with Crippen molar-refractivity contribution in [2.24, 2.45) is 5.41 Å². The monoisotopic (exact) mass is 405 g/mol. The van der Waals surface area contributed by atoms with E-state index in [4.69, 9.17) is 0 Å². The number of benzene rings is 1. The quantitative estimate of drug-likeness (QED) is 0.244. The van der Waals surface area contributed by atoms with Gasteiger partial charge in [0, 0.05) is 11.0 Å². The smallest absolute Gasteiger partial charge is 0.159 e. The molecule has 1 rings (SSSR count). The number of carbonyl (C=O) groups excluding carboxylic acids is 1. The Bertz CT molecular complexity index is 660. The van der Waals surface area contributed by atoms with Gasteiger partial charge in [0.05, 0.1) is 21.8 Å². The molecule has 1 aromatic rings. The van der Waals surface area contributed by atoms with E-state index < -0.39 is 11.0 Å². The van der Waals surface area contributed by atoms with Gasteiger partial charge >= 0.3 is 0 Å². The zero-order chi connectivity index (χ0) is 21.4. The van der Waals surface area contributed by atoms with Crippen molar-refractivity contribution in [1.29, 1.82) is 0 Å². The molecule has 3 nitrogen and oxygen atoms in total. The topological polar surface area (TPSA) is 46.2 Å². The van der Waals surface area contributed by atoms with E-state index in [0.717, 1.165) is 24.8 Å². The van der Waals surface area contributed by atoms with Crippen LogP contribution in [0.3, 0.4) is 0 Å². The highest BCUT2D eigenvalue weighted by Gasteiger charge is 2.37. The van der Waals surface area contributed by atoms with Crippen LogP contribution in [0.2, 0.25) is 0 Å². The first-order chi connectivity index (χ1) is 13.1. The Morgan fingerprint density at radius 1 is 1.14 bits per heavy atom. The van der Waals surface area contributed by atoms with Crippen LogP contribution in [0.25, 0.3) is 0 Å². The minimum Gasteiger partial charge on any atom is -0.295 e. The van der Waals surface area contributed by atoms with Gasteiger partial charge in [0.25, 0.3) is 0 Å². The summed E-state index contributed by atoms with van der Waals surface area (Å²) in [6.45, 7) is 16.1. The van der Waals surface area contributed by atoms with Crippen LogP contribution in [0, 0.1) is 5.41 Å². The Hall–Kier alpha value is -1.26. The third kappa shape index (κ3) is 6.66. The Morgan fingerprint density at radius 2 is 1.75 bits per heavy atom. The molecule has 1 N–H and O–H groups in total. The zero-order valence-corrected chi connectivity index (χ0v) is 19.5. The van der Waals surface area contributed by atoms with E-state index in [-0.39, 0.29) is 22.0 Å². The number of hydrogen-bond donors (Lipinski definition) is 1. The lowest BCUT2D eigenvalue weighted by atomic mass is 9.71. The number of unbranched alkanes of at least 4 members (excludes halogenated alkanes) is 3. The molecule has 0 saturated heterocycles. The van der Waals surface area contributed by atoms with Crippen LogP contribution >= 0.6 is 0 Å². The molecule has 0 spiro atoms. The SMILES string of the molecule is C=C[C@](CC)(CCCCCC)[C@@H](N[S@](=O)C(C)(C)C)c1ccc(C(C)=O)cc1. The van der Waals surface area contributed by atoms with Crippen molar-refractivity contribution < 1.29 is 9.00 Å². The summed E-state index contributed by atoms with van der Waals surface area (Å²) in [5, 5.41) is 0. The molecule has 1 aromatic carbocycles. The molecule has 0 aliphatic heterocycles. The maximum Gasteiger partial charge on any atom is 0.159 e. The van der Waals surface area contributed by atoms with Crippen molar-refractivity contribution >= 4 is 16.8 Å². The van der Waals surface area contributed by atoms with Gasteiger partial charge in [-0.15, -0.1) is 6.58 Å². The summed E-state index contributed by atoms with van der Waals surface area (Å²) in [6.07, 6.45) is 8.72. The van der Waals surface area contributed by atoms with Gasteiger partial charge in [0.1, 0.15) is 0 Å². The second-order valence-corrected chi connectivity index (χ2v) is 10.7. The van der Waals surface area contributed by atoms with Gasteiger partial charge < -0.3 is 0 Å². The predicted molar refractivity (Wildman–Crippen MR) is 122 cm³/mol. The van der Waals surface area contributed by atoms with Gasteiger partial charge in [-0.1, -0.05) is 69.9 Å². The van der Waals surface area contributed by atoms with Crippen molar-refractivity contribution in [3.05, 3.63) is 48.0 Å². The van der Waals surface area contributed by atoms with E-state index in [0.29, 0.717) is 5.56 Å². The van der Waals surface area contributed by atoms with Crippen LogP contribution in [-0.2, 0) is 11.0 Å². The first kappa shape index (κ1) is 24.8. The van der Waals surface area contributed by atoms with Crippen LogP contribution in [0.5, 0.6) is 0 Å². The maximum absolute atomic E-state index is 13.0. The lowest BCUT2D eigenvalue weighted by Gasteiger charge is -2.40. The van der Waals surface area contributed by atoms with Crippen LogP contribution in [0.15, 0.2) is 36.9 Å². The number of hydrogen-bond acceptors (Lipinski definition) is 2. The highest BCUT2D eigenvalue weighted by molar-refractivity contribution is 7.84. The van der Waals surface area contributed by atoms with Crippen molar-refractivity contribution in [3.8, 4) is 0 Å². The molecule has 158 valence electrons. The fourth-order valence-corrected chi connectivity index (χ4v) is 4.42. The molecule has 28 heavy (non-hydrogen) atoms. The fourth-order valence-electron chi connectivity index (χ4n) is 3.48. The molecule has 0 unspecified atom stereocenters. The summed E-state index contributed by atoms with van der Waals surface area (Å²) < 4.78 is 16.1. The van der Waals surface area contributed by atoms with Crippen molar-refractivity contribution in [1.82, 2.24) is 4.72 Å². The lowest BCUT2D eigenvalue weighted by molar-refractivity contribution is 0.101. The van der Waals surface area contributed by atoms with Gasteiger partial charge in [0.2, 0.25) is 0 Å². The fraction of sp³-hybridized carbons (Fsp3) is 0.625. The number of ketones is 1. The number of carbonyl (C=O) groups is 1. The van der Waals surface area contributed by atoms with Crippen molar-refractivity contribution in [2.45, 2.75) is 90.9 Å². The third-order valence-electron chi connectivity index (χ3n) is 5.57. The molecule has 0 fully saturated rings. The molecule has 0 bridgehead atoms. The average molecular weight is 406 g/mol. The van der Waals surface area contributed by atoms with Gasteiger partial charge in [-0.05, 0) is 46.1 Å². The number of rotatable bonds is 12. The number of Topliss-reactive ketones (excluding diaryl/α,β-unsaturated/α-hetero) is 1. The Morgan fingerprint density at radius 3 is 2.18 bits per heavy atom. The largest absolute Gasteiger partial charge is 0.295 e. The minimum absolute atomic E-state index is 0.0550. The summed E-state index contributed by atoms with van der Waals surface area (Å²) in [7, 11) is -1.21. The molecule has 0 radical (unpaired) electrons. The molecule has 4 heteroatoms. The molecule has 0 heterocycles. The molecular weight excluding hydrogens is 366 g/mol. The molecular formula is C24H39NO2S. The van der Waals surface area contributed by atoms with E-state index in [2.05, 4.69) is 31.2 Å². The van der Waals surface area contributed by atoms with Gasteiger partial charge in [-0.3, -0.25) is 4.79 Å². The summed E-state index contributed by atoms with van der Waals surface area (Å²) in [4.78, 5) is 11.7. The first-order valence-corrected chi connectivity index (χ1v) is 11.7. The summed E-state index contributed by atoms with van der Waals surface area (Å²) in [5.74, 6) is 0.0550. The predicted octanol–water partition coefficient (Wildman–Crippen LogP) is 6.53. The van der Waals surface area contributed by atoms with Crippen molar-refractivity contribution in [3.63, 3.8) is 0 Å². The van der Waals surface area contributed by atoms with Gasteiger partial charge in [-0.25, -0.2) is 8.93 Å². The van der Waals surface area contributed by atoms with Crippen LogP contribution in [0.1, 0.15) is 102 Å². The standard InChI is InChI=1S/C24H39NO2S/c1-8-11-12-13-18-24(9-2,10-3)22(25-28(27)23(5,6)7)21-16-14-20(15-17-21)19(4)26/h9,14-17,22,25H,2,8,10-13,18H2,1,3-7H3/t22-,24-,28+/m0/s1. The molecule has 0 aliphatic rings. The first-order valence-electron chi connectivity index (χ1n) is 10.5. The van der Waals surface area contributed by atoms with Crippen LogP contribution < -0.4 is 4.72 Å². The molecule has 3 atom stereocenters. The number of nitrogens with one attached hydrogen (secondary N) is 1. The zero-order valence-electron chi connectivity index (χ0n) is 18.6. The molecule has 0 aromatic heterocycles. The Balaban J connectivity index is 3.30. The van der Waals surface area contributed by atoms with Crippen LogP contribution in [-0.4, -0.2) is 14.7 Å². The normalized spacial score (nSPS) is 16.2. The van der Waals surface area contributed by atoms with Gasteiger partial charge in [-0.2, -0.15) is 0 Å². The second kappa shape index (κ2) is 11.1. The van der Waals surface area contributed by atoms with E-state index in [1.165, 1.54) is 19.3 Å². The Kier molecular flexibility index (Phi) is 9.79.